The Kier molecular flexibility index (Phi) is 11.1. The van der Waals surface area contributed by atoms with Crippen LogP contribution >= 0.6 is 35.3 Å². The number of piperidine rings is 1. The van der Waals surface area contributed by atoms with Crippen molar-refractivity contribution < 1.29 is 5.11 Å². The first-order valence-electron chi connectivity index (χ1n) is 10.6. The molecule has 3 unspecified atom stereocenters. The average Bonchev–Trinajstić information content (AvgIpc) is 3.27. The molecule has 0 bridgehead atoms. The van der Waals surface area contributed by atoms with Gasteiger partial charge in [0.2, 0.25) is 0 Å². The summed E-state index contributed by atoms with van der Waals surface area (Å²) >= 11 is 1.85. The molecular formula is C23H35IN4OS. The highest BCUT2D eigenvalue weighted by Gasteiger charge is 2.31. The number of nitrogens with zero attached hydrogens (tertiary/aromatic N) is 2. The Bertz CT molecular complexity index is 741. The molecular weight excluding hydrogens is 507 g/mol. The van der Waals surface area contributed by atoms with Crippen molar-refractivity contribution in [3.05, 3.63) is 58.3 Å². The van der Waals surface area contributed by atoms with Crippen molar-refractivity contribution >= 4 is 41.3 Å². The molecule has 0 radical (unpaired) electrons. The quantitative estimate of drug-likeness (QED) is 0.267. The molecule has 166 valence electrons. The largest absolute Gasteiger partial charge is 0.396 e. The number of thiophene rings is 1. The van der Waals surface area contributed by atoms with Gasteiger partial charge in [-0.05, 0) is 56.3 Å². The van der Waals surface area contributed by atoms with Gasteiger partial charge in [0.05, 0.1) is 13.2 Å². The van der Waals surface area contributed by atoms with Crippen LogP contribution in [0.5, 0.6) is 0 Å². The molecule has 3 N–H and O–H groups in total. The summed E-state index contributed by atoms with van der Waals surface area (Å²) in [7, 11) is 2.24. The predicted molar refractivity (Wildman–Crippen MR) is 138 cm³/mol. The summed E-state index contributed by atoms with van der Waals surface area (Å²) in [6, 6.07) is 15.0. The summed E-state index contributed by atoms with van der Waals surface area (Å²) in [6.45, 7) is 5.62. The van der Waals surface area contributed by atoms with Crippen LogP contribution in [-0.4, -0.2) is 55.8 Å². The molecule has 3 rings (SSSR count). The van der Waals surface area contributed by atoms with Gasteiger partial charge in [0.15, 0.2) is 5.96 Å². The minimum atomic E-state index is 0. The van der Waals surface area contributed by atoms with Gasteiger partial charge in [-0.1, -0.05) is 36.4 Å². The summed E-state index contributed by atoms with van der Waals surface area (Å²) < 4.78 is 0. The minimum absolute atomic E-state index is 0. The number of hydrogen-bond acceptors (Lipinski definition) is 4. The number of aliphatic hydroxyl groups is 1. The van der Waals surface area contributed by atoms with Crippen LogP contribution < -0.4 is 10.6 Å². The van der Waals surface area contributed by atoms with Crippen LogP contribution in [0.4, 0.5) is 0 Å². The van der Waals surface area contributed by atoms with Gasteiger partial charge in [0.1, 0.15) is 0 Å². The first kappa shape index (κ1) is 25.1. The molecule has 3 atom stereocenters. The van der Waals surface area contributed by atoms with E-state index in [1.54, 1.807) is 0 Å². The molecule has 0 spiro atoms. The summed E-state index contributed by atoms with van der Waals surface area (Å²) in [6.07, 6.45) is 2.46. The minimum Gasteiger partial charge on any atom is -0.396 e. The highest BCUT2D eigenvalue weighted by Crippen LogP contribution is 2.36. The van der Waals surface area contributed by atoms with Gasteiger partial charge in [-0.25, -0.2) is 0 Å². The molecule has 0 saturated carbocycles. The Hall–Kier alpha value is -1.16. The van der Waals surface area contributed by atoms with Crippen LogP contribution in [0, 0.1) is 5.92 Å². The van der Waals surface area contributed by atoms with E-state index in [4.69, 9.17) is 4.99 Å². The summed E-state index contributed by atoms with van der Waals surface area (Å²) in [5.41, 5.74) is 1.13. The Balaban J connectivity index is 0.00000320. The third kappa shape index (κ3) is 6.93. The summed E-state index contributed by atoms with van der Waals surface area (Å²) in [5.74, 6) is 1.41. The fraction of sp³-hybridized carbons (Fsp3) is 0.522. The molecule has 1 saturated heterocycles. The lowest BCUT2D eigenvalue weighted by molar-refractivity contribution is 0.125. The lowest BCUT2D eigenvalue weighted by Crippen LogP contribution is -2.45. The van der Waals surface area contributed by atoms with Crippen LogP contribution in [-0.2, 0) is 0 Å². The number of likely N-dealkylation sites (tertiary alicyclic amines) is 1. The zero-order chi connectivity index (χ0) is 20.5. The van der Waals surface area contributed by atoms with E-state index >= 15 is 0 Å². The molecule has 0 aliphatic carbocycles. The first-order valence-corrected chi connectivity index (χ1v) is 11.5. The van der Waals surface area contributed by atoms with Crippen LogP contribution in [0.3, 0.4) is 0 Å². The Labute approximate surface area is 202 Å². The zero-order valence-corrected chi connectivity index (χ0v) is 21.1. The van der Waals surface area contributed by atoms with Crippen LogP contribution in [0.25, 0.3) is 0 Å². The van der Waals surface area contributed by atoms with E-state index in [9.17, 15) is 5.11 Å². The predicted octanol–water partition coefficient (Wildman–Crippen LogP) is 4.08. The maximum Gasteiger partial charge on any atom is 0.191 e. The molecule has 7 heteroatoms. The number of hydrogen-bond donors (Lipinski definition) is 3. The van der Waals surface area contributed by atoms with E-state index in [1.165, 1.54) is 17.7 Å². The monoisotopic (exact) mass is 542 g/mol. The molecule has 1 aromatic heterocycles. The van der Waals surface area contributed by atoms with Gasteiger partial charge >= 0.3 is 0 Å². The Morgan fingerprint density at radius 1 is 1.23 bits per heavy atom. The highest BCUT2D eigenvalue weighted by atomic mass is 127. The molecule has 1 aliphatic rings. The molecule has 1 aliphatic heterocycles. The molecule has 1 fully saturated rings. The van der Waals surface area contributed by atoms with E-state index < -0.39 is 0 Å². The van der Waals surface area contributed by atoms with Gasteiger partial charge in [-0.15, -0.1) is 35.3 Å². The second-order valence-electron chi connectivity index (χ2n) is 7.73. The van der Waals surface area contributed by atoms with Gasteiger partial charge < -0.3 is 15.7 Å². The summed E-state index contributed by atoms with van der Waals surface area (Å²) in [5, 5.41) is 18.9. The van der Waals surface area contributed by atoms with Crippen molar-refractivity contribution in [2.24, 2.45) is 10.9 Å². The smallest absolute Gasteiger partial charge is 0.191 e. The molecule has 2 heterocycles. The lowest BCUT2D eigenvalue weighted by atomic mass is 9.88. The van der Waals surface area contributed by atoms with Gasteiger partial charge in [-0.3, -0.25) is 9.89 Å². The molecule has 1 aromatic carbocycles. The van der Waals surface area contributed by atoms with Crippen molar-refractivity contribution in [2.75, 3.05) is 39.8 Å². The highest BCUT2D eigenvalue weighted by molar-refractivity contribution is 14.0. The number of benzene rings is 1. The van der Waals surface area contributed by atoms with Gasteiger partial charge in [0.25, 0.3) is 0 Å². The number of nitrogens with one attached hydrogen (secondary N) is 2. The fourth-order valence-electron chi connectivity index (χ4n) is 4.15. The van der Waals surface area contributed by atoms with E-state index in [-0.39, 0.29) is 36.5 Å². The second kappa shape index (κ2) is 13.3. The van der Waals surface area contributed by atoms with Crippen molar-refractivity contribution in [2.45, 2.75) is 31.7 Å². The van der Waals surface area contributed by atoms with Gasteiger partial charge in [0, 0.05) is 29.9 Å². The van der Waals surface area contributed by atoms with Gasteiger partial charge in [-0.2, -0.15) is 0 Å². The topological polar surface area (TPSA) is 59.9 Å². The number of halogens is 1. The van der Waals surface area contributed by atoms with Crippen LogP contribution in [0.1, 0.15) is 42.2 Å². The first-order chi connectivity index (χ1) is 14.2. The fourth-order valence-corrected chi connectivity index (χ4v) is 5.13. The van der Waals surface area contributed by atoms with Crippen molar-refractivity contribution in [3.63, 3.8) is 0 Å². The van der Waals surface area contributed by atoms with E-state index in [0.717, 1.165) is 31.2 Å². The normalized spacial score (nSPS) is 21.0. The maximum atomic E-state index is 9.81. The Morgan fingerprint density at radius 3 is 2.70 bits per heavy atom. The van der Waals surface area contributed by atoms with E-state index in [2.05, 4.69) is 59.2 Å². The van der Waals surface area contributed by atoms with E-state index in [1.807, 2.05) is 29.5 Å². The number of guanidine groups is 1. The molecule has 30 heavy (non-hydrogen) atoms. The van der Waals surface area contributed by atoms with E-state index in [0.29, 0.717) is 18.5 Å². The van der Waals surface area contributed by atoms with Crippen LogP contribution in [0.2, 0.25) is 0 Å². The number of aliphatic hydroxyl groups excluding tert-OH is 1. The second-order valence-corrected chi connectivity index (χ2v) is 8.71. The Morgan fingerprint density at radius 2 is 2.03 bits per heavy atom. The maximum absolute atomic E-state index is 9.81. The summed E-state index contributed by atoms with van der Waals surface area (Å²) in [4.78, 5) is 8.71. The van der Waals surface area contributed by atoms with Crippen molar-refractivity contribution in [3.8, 4) is 0 Å². The zero-order valence-electron chi connectivity index (χ0n) is 18.0. The molecule has 0 amide bonds. The van der Waals surface area contributed by atoms with Crippen molar-refractivity contribution in [1.29, 1.82) is 0 Å². The van der Waals surface area contributed by atoms with Crippen molar-refractivity contribution in [1.82, 2.24) is 15.5 Å². The lowest BCUT2D eigenvalue weighted by Gasteiger charge is -2.39. The molecule has 2 aromatic rings. The molecule has 5 nitrogen and oxygen atoms in total. The third-order valence-corrected chi connectivity index (χ3v) is 6.62. The number of rotatable bonds is 8. The van der Waals surface area contributed by atoms with Crippen LogP contribution in [0.15, 0.2) is 52.8 Å². The number of aliphatic imine (C=N–C) groups is 1. The SMILES string of the molecule is CCNC(=NCC(CO)c1ccccc1)NCC1CCCN(C)C1c1cccs1.I. The standard InChI is InChI=1S/C23H34N4OS.HI/c1-3-24-23(26-16-20(17-28)18-9-5-4-6-10-18)25-15-19-11-7-13-27(2)22(19)21-12-8-14-29-21;/h4-6,8-10,12,14,19-20,22,28H,3,7,11,13,15-17H2,1-2H3,(H2,24,25,26);1H. The average molecular weight is 543 g/mol. The third-order valence-electron chi connectivity index (χ3n) is 5.68.